The highest BCUT2D eigenvalue weighted by Crippen LogP contribution is 2.47. The van der Waals surface area contributed by atoms with E-state index in [1.54, 1.807) is 24.3 Å². The van der Waals surface area contributed by atoms with Gasteiger partial charge in [-0.1, -0.05) is 90.1 Å². The molecule has 3 rings (SSSR count). The second kappa shape index (κ2) is 11.7. The molecule has 0 atom stereocenters. The average molecular weight is 617 g/mol. The Balaban J connectivity index is 2.18. The normalized spacial score (nSPS) is 13.5. The van der Waals surface area contributed by atoms with Crippen LogP contribution in [0.1, 0.15) is 59.1 Å². The zero-order valence-electron chi connectivity index (χ0n) is 23.6. The first kappa shape index (κ1) is 33.0. The van der Waals surface area contributed by atoms with Gasteiger partial charge in [-0.3, -0.25) is 0 Å². The molecule has 1 N–H and O–H groups in total. The first-order valence-electron chi connectivity index (χ1n) is 12.7. The van der Waals surface area contributed by atoms with Crippen LogP contribution < -0.4 is 0 Å². The fourth-order valence-corrected chi connectivity index (χ4v) is 5.95. The van der Waals surface area contributed by atoms with Crippen molar-refractivity contribution in [3.63, 3.8) is 0 Å². The molecular formula is C30H33F5O4S2. The van der Waals surface area contributed by atoms with Gasteiger partial charge in [0.05, 0.1) is 12.0 Å². The van der Waals surface area contributed by atoms with Crippen LogP contribution in [0.2, 0.25) is 0 Å². The number of rotatable bonds is 9. The summed E-state index contributed by atoms with van der Waals surface area (Å²) in [5, 5.41) is 3.08. The van der Waals surface area contributed by atoms with Gasteiger partial charge in [0, 0.05) is 29.1 Å². The lowest BCUT2D eigenvalue weighted by Crippen LogP contribution is -2.47. The van der Waals surface area contributed by atoms with Crippen molar-refractivity contribution in [1.29, 1.82) is 0 Å². The molecule has 0 saturated heterocycles. The van der Waals surface area contributed by atoms with Gasteiger partial charge in [0.1, 0.15) is 5.82 Å². The van der Waals surface area contributed by atoms with Crippen LogP contribution in [0.25, 0.3) is 22.3 Å². The van der Waals surface area contributed by atoms with Crippen LogP contribution in [0.3, 0.4) is 0 Å². The molecule has 0 aliphatic carbocycles. The summed E-state index contributed by atoms with van der Waals surface area (Å²) in [6, 6.07) is 16.2. The third-order valence-electron chi connectivity index (χ3n) is 6.57. The van der Waals surface area contributed by atoms with E-state index in [1.807, 2.05) is 65.8 Å². The van der Waals surface area contributed by atoms with Gasteiger partial charge in [-0.25, -0.2) is 4.39 Å². The lowest BCUT2D eigenvalue weighted by Gasteiger charge is -2.25. The number of halogens is 5. The monoisotopic (exact) mass is 616 g/mol. The van der Waals surface area contributed by atoms with Crippen molar-refractivity contribution in [1.82, 2.24) is 0 Å². The molecule has 3 aromatic rings. The molecule has 0 amide bonds. The maximum atomic E-state index is 15.5. The van der Waals surface area contributed by atoms with E-state index >= 15 is 4.39 Å². The molecule has 0 saturated carbocycles. The van der Waals surface area contributed by atoms with Crippen molar-refractivity contribution in [2.75, 3.05) is 6.61 Å². The number of aliphatic hydroxyl groups excluding tert-OH is 1. The van der Waals surface area contributed by atoms with E-state index in [-0.39, 0.29) is 38.9 Å². The first-order chi connectivity index (χ1) is 18.7. The molecule has 0 fully saturated rings. The smallest absolute Gasteiger partial charge is 0.396 e. The van der Waals surface area contributed by atoms with Gasteiger partial charge in [-0.2, -0.15) is 29.6 Å². The molecule has 0 unspecified atom stereocenters. The largest absolute Gasteiger partial charge is 0.432 e. The van der Waals surface area contributed by atoms with Crippen LogP contribution in [0.5, 0.6) is 0 Å². The first-order valence-corrected chi connectivity index (χ1v) is 14.9. The van der Waals surface area contributed by atoms with Crippen molar-refractivity contribution >= 4 is 22.2 Å². The van der Waals surface area contributed by atoms with Gasteiger partial charge in [0.15, 0.2) is 0 Å². The van der Waals surface area contributed by atoms with Gasteiger partial charge in [-0.15, -0.1) is 0 Å². The van der Waals surface area contributed by atoms with E-state index in [2.05, 4.69) is 3.63 Å². The SMILES string of the molecule is CC(C)(C)c1ccc(-c2c(F)ccc(SOS(=O)(=O)C(F)(F)C(F)(F)CCO)c2-c2ccc(C(C)(C)C)cc2)cc1. The van der Waals surface area contributed by atoms with Crippen LogP contribution in [0.15, 0.2) is 65.6 Å². The Kier molecular flexibility index (Phi) is 9.40. The van der Waals surface area contributed by atoms with E-state index in [1.165, 1.54) is 0 Å². The summed E-state index contributed by atoms with van der Waals surface area (Å²) < 4.78 is 101. The summed E-state index contributed by atoms with van der Waals surface area (Å²) in [7, 11) is -6.20. The minimum Gasteiger partial charge on any atom is -0.396 e. The molecule has 0 aromatic heterocycles. The zero-order chi connectivity index (χ0) is 31.0. The van der Waals surface area contributed by atoms with Gasteiger partial charge in [0.2, 0.25) is 0 Å². The highest BCUT2D eigenvalue weighted by molar-refractivity contribution is 8.04. The van der Waals surface area contributed by atoms with E-state index in [0.29, 0.717) is 11.1 Å². The van der Waals surface area contributed by atoms with Crippen LogP contribution in [0.4, 0.5) is 22.0 Å². The van der Waals surface area contributed by atoms with Crippen molar-refractivity contribution in [2.45, 2.75) is 74.9 Å². The minimum atomic E-state index is -6.20. The standard InChI is InChI=1S/C30H33F5O4S2/c1-27(2,3)21-11-7-19(8-12-21)25-23(31)15-16-24(26(25)20-9-13-22(14-10-20)28(4,5)6)40-39-41(37,38)30(34,35)29(32,33)17-18-36/h7-16,36H,17-18H2,1-6H3. The third kappa shape index (κ3) is 6.96. The van der Waals surface area contributed by atoms with Gasteiger partial charge < -0.3 is 5.11 Å². The molecule has 0 radical (unpaired) electrons. The molecule has 0 bridgehead atoms. The topological polar surface area (TPSA) is 63.6 Å². The van der Waals surface area contributed by atoms with E-state index < -0.39 is 40.1 Å². The van der Waals surface area contributed by atoms with Gasteiger partial charge >= 0.3 is 21.3 Å². The summed E-state index contributed by atoms with van der Waals surface area (Å²) in [5.41, 5.74) is 2.56. The quantitative estimate of drug-likeness (QED) is 0.192. The lowest BCUT2D eigenvalue weighted by atomic mass is 9.84. The third-order valence-corrected chi connectivity index (χ3v) is 9.01. The van der Waals surface area contributed by atoms with E-state index in [9.17, 15) is 26.0 Å². The maximum Gasteiger partial charge on any atom is 0.432 e. The second-order valence-electron chi connectivity index (χ2n) is 11.8. The molecule has 0 heterocycles. The molecule has 0 aliphatic rings. The van der Waals surface area contributed by atoms with E-state index in [0.717, 1.165) is 23.3 Å². The zero-order valence-corrected chi connectivity index (χ0v) is 25.2. The summed E-state index contributed by atoms with van der Waals surface area (Å²) in [4.78, 5) is -0.0883. The summed E-state index contributed by atoms with van der Waals surface area (Å²) in [6.07, 6.45) is -1.79. The van der Waals surface area contributed by atoms with Gasteiger partial charge in [0.25, 0.3) is 0 Å². The van der Waals surface area contributed by atoms with Crippen LogP contribution in [-0.2, 0) is 24.6 Å². The maximum absolute atomic E-state index is 15.5. The summed E-state index contributed by atoms with van der Waals surface area (Å²) in [5.74, 6) is -5.76. The fourth-order valence-electron chi connectivity index (χ4n) is 4.06. The summed E-state index contributed by atoms with van der Waals surface area (Å²) >= 11 is -0.0859. The number of benzene rings is 3. The Bertz CT molecular complexity index is 1470. The Labute approximate surface area is 242 Å². The van der Waals surface area contributed by atoms with Gasteiger partial charge in [-0.05, 0) is 45.2 Å². The number of hydrogen-bond donors (Lipinski definition) is 1. The van der Waals surface area contributed by atoms with Crippen LogP contribution >= 0.6 is 12.0 Å². The Morgan fingerprint density at radius 2 is 1.17 bits per heavy atom. The Hall–Kier alpha value is -2.47. The average Bonchev–Trinajstić information content (AvgIpc) is 2.86. The molecule has 11 heteroatoms. The highest BCUT2D eigenvalue weighted by Gasteiger charge is 2.66. The fraction of sp³-hybridized carbons (Fsp3) is 0.400. The highest BCUT2D eigenvalue weighted by atomic mass is 32.3. The van der Waals surface area contributed by atoms with Crippen molar-refractivity contribution in [3.05, 3.63) is 77.6 Å². The molecule has 4 nitrogen and oxygen atoms in total. The molecule has 0 aliphatic heterocycles. The molecule has 224 valence electrons. The number of aliphatic hydroxyl groups is 1. The molecule has 41 heavy (non-hydrogen) atoms. The molecule has 0 spiro atoms. The van der Waals surface area contributed by atoms with Crippen molar-refractivity contribution in [2.24, 2.45) is 0 Å². The van der Waals surface area contributed by atoms with Crippen LogP contribution in [-0.4, -0.2) is 31.3 Å². The van der Waals surface area contributed by atoms with E-state index in [4.69, 9.17) is 5.11 Å². The summed E-state index contributed by atoms with van der Waals surface area (Å²) in [6.45, 7) is 10.7. The number of hydrogen-bond acceptors (Lipinski definition) is 5. The predicted molar refractivity (Wildman–Crippen MR) is 152 cm³/mol. The van der Waals surface area contributed by atoms with Crippen LogP contribution in [0, 0.1) is 5.82 Å². The lowest BCUT2D eigenvalue weighted by molar-refractivity contribution is -0.167. The minimum absolute atomic E-state index is 0.0531. The second-order valence-corrected chi connectivity index (χ2v) is 14.3. The predicted octanol–water partition coefficient (Wildman–Crippen LogP) is 8.72. The molecular weight excluding hydrogens is 583 g/mol. The number of alkyl halides is 4. The van der Waals surface area contributed by atoms with Crippen molar-refractivity contribution in [3.8, 4) is 22.3 Å². The Morgan fingerprint density at radius 3 is 1.59 bits per heavy atom. The van der Waals surface area contributed by atoms with Crippen molar-refractivity contribution < 1.29 is 39.1 Å². The Morgan fingerprint density at radius 1 is 0.732 bits per heavy atom. The molecule has 3 aromatic carbocycles.